The number of methoxy groups -OCH3 is 1. The predicted octanol–water partition coefficient (Wildman–Crippen LogP) is 4.93. The Labute approximate surface area is 200 Å². The summed E-state index contributed by atoms with van der Waals surface area (Å²) in [5, 5.41) is 6.12. The van der Waals surface area contributed by atoms with Crippen molar-refractivity contribution < 1.29 is 19.1 Å². The second-order valence-electron chi connectivity index (χ2n) is 7.22. The van der Waals surface area contributed by atoms with Crippen molar-refractivity contribution in [2.45, 2.75) is 12.5 Å². The van der Waals surface area contributed by atoms with Crippen LogP contribution in [0.15, 0.2) is 72.0 Å². The number of aromatic nitrogens is 1. The highest BCUT2D eigenvalue weighted by atomic mass is 35.5. The number of hydrogen-bond acceptors (Lipinski definition) is 6. The molecule has 0 aliphatic carbocycles. The highest BCUT2D eigenvalue weighted by Gasteiger charge is 2.33. The van der Waals surface area contributed by atoms with Gasteiger partial charge >= 0.3 is 5.97 Å². The van der Waals surface area contributed by atoms with Crippen LogP contribution in [0.4, 0.5) is 0 Å². The predicted molar refractivity (Wildman–Crippen MR) is 125 cm³/mol. The lowest BCUT2D eigenvalue weighted by molar-refractivity contribution is -0.136. The summed E-state index contributed by atoms with van der Waals surface area (Å²) in [6, 6.07) is 18.1. The van der Waals surface area contributed by atoms with Crippen LogP contribution in [-0.2, 0) is 9.53 Å². The molecule has 1 amide bonds. The average Bonchev–Trinajstić information content (AvgIpc) is 3.30. The Morgan fingerprint density at radius 1 is 1.09 bits per heavy atom. The average molecular weight is 484 g/mol. The van der Waals surface area contributed by atoms with Crippen molar-refractivity contribution in [2.24, 2.45) is 5.10 Å². The molecule has 33 heavy (non-hydrogen) atoms. The van der Waals surface area contributed by atoms with Crippen LogP contribution < -0.4 is 4.74 Å². The third kappa shape index (κ3) is 5.16. The Balaban J connectivity index is 1.53. The van der Waals surface area contributed by atoms with Crippen molar-refractivity contribution >= 4 is 40.8 Å². The Morgan fingerprint density at radius 2 is 1.82 bits per heavy atom. The van der Waals surface area contributed by atoms with Crippen molar-refractivity contribution in [1.82, 2.24) is 9.99 Å². The number of nitrogens with zero attached hydrogens (tertiary/aromatic N) is 3. The van der Waals surface area contributed by atoms with E-state index in [-0.39, 0.29) is 21.8 Å². The maximum absolute atomic E-state index is 13.0. The number of rotatable bonds is 6. The lowest BCUT2D eigenvalue weighted by atomic mass is 9.98. The monoisotopic (exact) mass is 483 g/mol. The molecule has 1 atom stereocenters. The van der Waals surface area contributed by atoms with Gasteiger partial charge in [-0.1, -0.05) is 65.7 Å². The van der Waals surface area contributed by atoms with E-state index < -0.39 is 18.5 Å². The second kappa shape index (κ2) is 10.0. The smallest absolute Gasteiger partial charge is 0.340 e. The quantitative estimate of drug-likeness (QED) is 0.366. The summed E-state index contributed by atoms with van der Waals surface area (Å²) >= 11 is 11.7. The third-order valence-electron chi connectivity index (χ3n) is 5.13. The fourth-order valence-corrected chi connectivity index (χ4v) is 3.71. The summed E-state index contributed by atoms with van der Waals surface area (Å²) in [6.45, 7) is -0.489. The molecule has 0 fully saturated rings. The molecule has 1 aromatic heterocycles. The van der Waals surface area contributed by atoms with E-state index in [2.05, 4.69) is 10.1 Å². The number of ether oxygens (including phenoxy) is 2. The molecule has 168 valence electrons. The van der Waals surface area contributed by atoms with Gasteiger partial charge in [0.1, 0.15) is 10.9 Å². The van der Waals surface area contributed by atoms with Gasteiger partial charge in [0.05, 0.1) is 29.4 Å². The number of carbonyl (C=O) groups is 2. The van der Waals surface area contributed by atoms with Crippen LogP contribution in [-0.4, -0.2) is 41.3 Å². The normalized spacial score (nSPS) is 15.2. The van der Waals surface area contributed by atoms with E-state index in [1.54, 1.807) is 7.11 Å². The molecule has 1 unspecified atom stereocenters. The lowest BCUT2D eigenvalue weighted by Crippen LogP contribution is -2.31. The van der Waals surface area contributed by atoms with Gasteiger partial charge in [0.25, 0.3) is 5.91 Å². The Morgan fingerprint density at radius 3 is 2.48 bits per heavy atom. The van der Waals surface area contributed by atoms with Gasteiger partial charge in [0.15, 0.2) is 6.61 Å². The van der Waals surface area contributed by atoms with E-state index >= 15 is 0 Å². The van der Waals surface area contributed by atoms with Crippen molar-refractivity contribution in [3.63, 3.8) is 0 Å². The first-order valence-corrected chi connectivity index (χ1v) is 10.8. The molecular formula is C24H19Cl2N3O4. The van der Waals surface area contributed by atoms with Gasteiger partial charge in [0.2, 0.25) is 0 Å². The molecule has 7 nitrogen and oxygen atoms in total. The van der Waals surface area contributed by atoms with E-state index in [1.807, 2.05) is 54.6 Å². The van der Waals surface area contributed by atoms with Crippen LogP contribution in [0, 0.1) is 0 Å². The van der Waals surface area contributed by atoms with Crippen LogP contribution in [0.2, 0.25) is 10.2 Å². The highest BCUT2D eigenvalue weighted by Crippen LogP contribution is 2.33. The van der Waals surface area contributed by atoms with Crippen LogP contribution >= 0.6 is 23.2 Å². The molecule has 1 aliphatic rings. The number of hydrogen-bond donors (Lipinski definition) is 0. The van der Waals surface area contributed by atoms with Gasteiger partial charge in [-0.3, -0.25) is 4.79 Å². The Kier molecular flexibility index (Phi) is 6.91. The molecule has 0 radical (unpaired) electrons. The molecule has 0 saturated heterocycles. The van der Waals surface area contributed by atoms with Crippen molar-refractivity contribution in [3.8, 4) is 5.75 Å². The van der Waals surface area contributed by atoms with E-state index in [0.29, 0.717) is 12.2 Å². The van der Waals surface area contributed by atoms with Gasteiger partial charge in [-0.05, 0) is 29.3 Å². The topological polar surface area (TPSA) is 81.1 Å². The Hall–Kier alpha value is -3.42. The summed E-state index contributed by atoms with van der Waals surface area (Å²) in [6.07, 6.45) is 1.76. The summed E-state index contributed by atoms with van der Waals surface area (Å²) in [4.78, 5) is 29.2. The van der Waals surface area contributed by atoms with Gasteiger partial charge in [-0.2, -0.15) is 5.10 Å². The summed E-state index contributed by atoms with van der Waals surface area (Å²) in [5.41, 5.74) is 2.67. The number of hydrazone groups is 1. The van der Waals surface area contributed by atoms with E-state index in [9.17, 15) is 9.59 Å². The van der Waals surface area contributed by atoms with E-state index in [0.717, 1.165) is 16.8 Å². The molecule has 3 aromatic rings. The fourth-order valence-electron chi connectivity index (χ4n) is 3.44. The Bertz CT molecular complexity index is 1200. The number of carbonyl (C=O) groups excluding carboxylic acids is 2. The third-order valence-corrected chi connectivity index (χ3v) is 5.82. The standard InChI is InChI=1S/C24H19Cl2N3O4/c1-32-18-9-7-16(8-10-18)21-12-20(15-5-3-2-4-6-15)28-29(21)22(30)14-33-24(31)17-11-19(25)23(26)27-13-17/h2-11,13,21H,12,14H2,1H3. The first kappa shape index (κ1) is 22.8. The molecule has 0 N–H and O–H groups in total. The maximum atomic E-state index is 13.0. The van der Waals surface area contributed by atoms with Gasteiger partial charge in [-0.25, -0.2) is 14.8 Å². The minimum Gasteiger partial charge on any atom is -0.497 e. The SMILES string of the molecule is COc1ccc(C2CC(c3ccccc3)=NN2C(=O)COC(=O)c2cnc(Cl)c(Cl)c2)cc1. The summed E-state index contributed by atoms with van der Waals surface area (Å²) < 4.78 is 10.4. The largest absolute Gasteiger partial charge is 0.497 e. The molecule has 1 aliphatic heterocycles. The number of benzene rings is 2. The van der Waals surface area contributed by atoms with Gasteiger partial charge in [-0.15, -0.1) is 0 Å². The zero-order valence-electron chi connectivity index (χ0n) is 17.6. The molecule has 2 heterocycles. The zero-order chi connectivity index (χ0) is 23.4. The molecule has 0 bridgehead atoms. The van der Waals surface area contributed by atoms with Crippen LogP contribution in [0.5, 0.6) is 5.75 Å². The minimum atomic E-state index is -0.734. The molecule has 4 rings (SSSR count). The van der Waals surface area contributed by atoms with Gasteiger partial charge in [0, 0.05) is 12.6 Å². The van der Waals surface area contributed by atoms with Crippen LogP contribution in [0.3, 0.4) is 0 Å². The maximum Gasteiger partial charge on any atom is 0.340 e. The molecule has 2 aromatic carbocycles. The molecule has 0 saturated carbocycles. The molecule has 0 spiro atoms. The molecular weight excluding hydrogens is 465 g/mol. The summed E-state index contributed by atoms with van der Waals surface area (Å²) in [7, 11) is 1.59. The van der Waals surface area contributed by atoms with E-state index in [4.69, 9.17) is 32.7 Å². The first-order chi connectivity index (χ1) is 16.0. The summed E-state index contributed by atoms with van der Waals surface area (Å²) in [5.74, 6) is -0.479. The van der Waals surface area contributed by atoms with E-state index in [1.165, 1.54) is 17.3 Å². The van der Waals surface area contributed by atoms with Crippen LogP contribution in [0.25, 0.3) is 0 Å². The first-order valence-electron chi connectivity index (χ1n) is 10.0. The zero-order valence-corrected chi connectivity index (χ0v) is 19.1. The van der Waals surface area contributed by atoms with Crippen molar-refractivity contribution in [1.29, 1.82) is 0 Å². The second-order valence-corrected chi connectivity index (χ2v) is 7.98. The number of amides is 1. The van der Waals surface area contributed by atoms with Crippen LogP contribution in [0.1, 0.15) is 33.9 Å². The number of pyridine rings is 1. The van der Waals surface area contributed by atoms with Crippen molar-refractivity contribution in [2.75, 3.05) is 13.7 Å². The minimum absolute atomic E-state index is 0.0754. The number of esters is 1. The fraction of sp³-hybridized carbons (Fsp3) is 0.167. The highest BCUT2D eigenvalue weighted by molar-refractivity contribution is 6.41. The van der Waals surface area contributed by atoms with Crippen molar-refractivity contribution in [3.05, 3.63) is 93.7 Å². The van der Waals surface area contributed by atoms with Gasteiger partial charge < -0.3 is 9.47 Å². The lowest BCUT2D eigenvalue weighted by Gasteiger charge is -2.22. The molecule has 9 heteroatoms. The number of halogens is 2.